The Bertz CT molecular complexity index is 1110. The van der Waals surface area contributed by atoms with Crippen LogP contribution in [-0.4, -0.2) is 45.7 Å². The van der Waals surface area contributed by atoms with Crippen molar-refractivity contribution in [1.82, 2.24) is 24.1 Å². The Hall–Kier alpha value is -2.14. The molecule has 1 aliphatic carbocycles. The molecule has 7 nitrogen and oxygen atoms in total. The van der Waals surface area contributed by atoms with Crippen LogP contribution >= 0.6 is 0 Å². The largest absolute Gasteiger partial charge is 0.390 e. The zero-order valence-corrected chi connectivity index (χ0v) is 15.9. The molecule has 3 aromatic heterocycles. The summed E-state index contributed by atoms with van der Waals surface area (Å²) in [6.07, 6.45) is 0.451. The molecule has 1 aliphatic rings. The van der Waals surface area contributed by atoms with E-state index in [9.17, 15) is 21.6 Å². The summed E-state index contributed by atoms with van der Waals surface area (Å²) in [5.74, 6) is -0.764. The molecule has 0 aliphatic heterocycles. The minimum atomic E-state index is -4.49. The SMILES string of the molecule is C[C@H]1C[C@@H](NS(=O)(=O)CCC(F)(F)F)C[C@@H]1c1cnc2cnc3[nH]ccc3n12. The average molecular weight is 415 g/mol. The molecule has 3 heterocycles. The van der Waals surface area contributed by atoms with Crippen LogP contribution in [0.3, 0.4) is 0 Å². The number of halogens is 3. The van der Waals surface area contributed by atoms with Crippen LogP contribution in [0.25, 0.3) is 16.8 Å². The van der Waals surface area contributed by atoms with Gasteiger partial charge in [-0.05, 0) is 24.8 Å². The lowest BCUT2D eigenvalue weighted by atomic mass is 9.95. The molecule has 152 valence electrons. The number of imidazole rings is 1. The molecule has 0 aromatic carbocycles. The highest BCUT2D eigenvalue weighted by molar-refractivity contribution is 7.89. The maximum absolute atomic E-state index is 12.3. The number of rotatable bonds is 5. The van der Waals surface area contributed by atoms with E-state index in [0.717, 1.165) is 16.9 Å². The molecule has 2 N–H and O–H groups in total. The highest BCUT2D eigenvalue weighted by Crippen LogP contribution is 2.40. The molecule has 0 amide bonds. The van der Waals surface area contributed by atoms with Gasteiger partial charge in [-0.2, -0.15) is 13.2 Å². The van der Waals surface area contributed by atoms with E-state index in [1.54, 1.807) is 18.6 Å². The van der Waals surface area contributed by atoms with Crippen molar-refractivity contribution < 1.29 is 21.6 Å². The van der Waals surface area contributed by atoms with Gasteiger partial charge < -0.3 is 4.98 Å². The fourth-order valence-corrected chi connectivity index (χ4v) is 5.39. The Morgan fingerprint density at radius 1 is 1.29 bits per heavy atom. The number of nitrogens with one attached hydrogen (secondary N) is 2. The first-order valence-electron chi connectivity index (χ1n) is 8.99. The van der Waals surface area contributed by atoms with E-state index in [0.29, 0.717) is 18.5 Å². The van der Waals surface area contributed by atoms with Crippen LogP contribution < -0.4 is 4.72 Å². The van der Waals surface area contributed by atoms with Gasteiger partial charge in [0.15, 0.2) is 11.3 Å². The summed E-state index contributed by atoms with van der Waals surface area (Å²) in [4.78, 5) is 11.8. The normalized spacial score (nSPS) is 23.8. The summed E-state index contributed by atoms with van der Waals surface area (Å²) in [5, 5.41) is 0. The van der Waals surface area contributed by atoms with E-state index < -0.39 is 34.4 Å². The highest BCUT2D eigenvalue weighted by Gasteiger charge is 2.37. The fourth-order valence-electron chi connectivity index (χ4n) is 4.07. The molecule has 0 unspecified atom stereocenters. The number of sulfonamides is 1. The number of hydrogen-bond acceptors (Lipinski definition) is 4. The number of nitrogens with zero attached hydrogens (tertiary/aromatic N) is 3. The number of alkyl halides is 3. The van der Waals surface area contributed by atoms with Crippen LogP contribution in [0, 0.1) is 5.92 Å². The molecule has 0 spiro atoms. The minimum absolute atomic E-state index is 0.0332. The monoisotopic (exact) mass is 415 g/mol. The minimum Gasteiger partial charge on any atom is -0.345 e. The Morgan fingerprint density at radius 2 is 2.07 bits per heavy atom. The van der Waals surface area contributed by atoms with Gasteiger partial charge in [0.1, 0.15) is 0 Å². The molecule has 4 rings (SSSR count). The maximum atomic E-state index is 12.3. The van der Waals surface area contributed by atoms with Gasteiger partial charge in [0, 0.05) is 30.0 Å². The van der Waals surface area contributed by atoms with Gasteiger partial charge in [-0.1, -0.05) is 6.92 Å². The molecule has 1 saturated carbocycles. The first-order chi connectivity index (χ1) is 13.1. The Kier molecular flexibility index (Phi) is 4.61. The Morgan fingerprint density at radius 3 is 2.82 bits per heavy atom. The molecule has 11 heteroatoms. The number of H-pyrrole nitrogens is 1. The summed E-state index contributed by atoms with van der Waals surface area (Å²) in [5.41, 5.74) is 3.25. The third kappa shape index (κ3) is 3.72. The first-order valence-corrected chi connectivity index (χ1v) is 10.6. The number of aromatic amines is 1. The molecular formula is C17H20F3N5O2S. The topological polar surface area (TPSA) is 92.2 Å². The highest BCUT2D eigenvalue weighted by atomic mass is 32.2. The molecule has 3 atom stereocenters. The van der Waals surface area contributed by atoms with Crippen molar-refractivity contribution in [2.24, 2.45) is 5.92 Å². The third-order valence-corrected chi connectivity index (χ3v) is 6.77. The van der Waals surface area contributed by atoms with Gasteiger partial charge in [0.2, 0.25) is 10.0 Å². The second-order valence-corrected chi connectivity index (χ2v) is 9.27. The van der Waals surface area contributed by atoms with Crippen molar-refractivity contribution in [2.45, 2.75) is 44.3 Å². The summed E-state index contributed by atoms with van der Waals surface area (Å²) in [6, 6.07) is 1.50. The van der Waals surface area contributed by atoms with Crippen LogP contribution in [0.2, 0.25) is 0 Å². The molecule has 28 heavy (non-hydrogen) atoms. The molecule has 3 aromatic rings. The first kappa shape index (κ1) is 19.2. The average Bonchev–Trinajstić information content (AvgIpc) is 3.29. The van der Waals surface area contributed by atoms with E-state index in [4.69, 9.17) is 0 Å². The predicted molar refractivity (Wildman–Crippen MR) is 97.4 cm³/mol. The lowest BCUT2D eigenvalue weighted by Crippen LogP contribution is -2.36. The molecule has 1 fully saturated rings. The third-order valence-electron chi connectivity index (χ3n) is 5.33. The quantitative estimate of drug-likeness (QED) is 0.670. The van der Waals surface area contributed by atoms with E-state index in [2.05, 4.69) is 19.7 Å². The van der Waals surface area contributed by atoms with E-state index >= 15 is 0 Å². The maximum Gasteiger partial charge on any atom is 0.390 e. The van der Waals surface area contributed by atoms with Crippen molar-refractivity contribution >= 4 is 26.8 Å². The lowest BCUT2D eigenvalue weighted by Gasteiger charge is -2.15. The number of aromatic nitrogens is 4. The Labute approximate surface area is 159 Å². The fraction of sp³-hybridized carbons (Fsp3) is 0.529. The molecular weight excluding hydrogens is 395 g/mol. The zero-order valence-electron chi connectivity index (χ0n) is 15.1. The molecule has 0 saturated heterocycles. The van der Waals surface area contributed by atoms with Gasteiger partial charge in [0.25, 0.3) is 0 Å². The molecule has 0 radical (unpaired) electrons. The van der Waals surface area contributed by atoms with Gasteiger partial charge in [0.05, 0.1) is 23.9 Å². The van der Waals surface area contributed by atoms with Crippen LogP contribution in [0.15, 0.2) is 24.7 Å². The van der Waals surface area contributed by atoms with Crippen LogP contribution in [-0.2, 0) is 10.0 Å². The van der Waals surface area contributed by atoms with Gasteiger partial charge in [-0.15, -0.1) is 0 Å². The van der Waals surface area contributed by atoms with Crippen molar-refractivity contribution in [3.05, 3.63) is 30.4 Å². The summed E-state index contributed by atoms with van der Waals surface area (Å²) in [7, 11) is -3.99. The number of fused-ring (bicyclic) bond motifs is 3. The summed E-state index contributed by atoms with van der Waals surface area (Å²) >= 11 is 0. The second kappa shape index (κ2) is 6.73. The predicted octanol–water partition coefficient (Wildman–Crippen LogP) is 2.96. The van der Waals surface area contributed by atoms with Crippen molar-refractivity contribution in [2.75, 3.05) is 5.75 Å². The zero-order chi connectivity index (χ0) is 20.1. The van der Waals surface area contributed by atoms with Crippen LogP contribution in [0.1, 0.15) is 37.8 Å². The smallest absolute Gasteiger partial charge is 0.345 e. The summed E-state index contributed by atoms with van der Waals surface area (Å²) < 4.78 is 65.6. The van der Waals surface area contributed by atoms with E-state index in [1.165, 1.54) is 0 Å². The van der Waals surface area contributed by atoms with Crippen LogP contribution in [0.5, 0.6) is 0 Å². The number of hydrogen-bond donors (Lipinski definition) is 2. The van der Waals surface area contributed by atoms with Gasteiger partial charge >= 0.3 is 6.18 Å². The standard InChI is InChI=1S/C17H20F3N5O2S/c1-10-6-11(24-28(26,27)5-3-17(18,19)20)7-12(10)14-8-22-15-9-23-16-13(25(14)15)2-4-21-16/h2,4,8-12,21,24H,3,5-7H2,1H3/t10-,11+,12-/m0/s1. The van der Waals surface area contributed by atoms with Crippen molar-refractivity contribution in [3.63, 3.8) is 0 Å². The lowest BCUT2D eigenvalue weighted by molar-refractivity contribution is -0.130. The van der Waals surface area contributed by atoms with E-state index in [-0.39, 0.29) is 11.8 Å². The van der Waals surface area contributed by atoms with Gasteiger partial charge in [-0.25, -0.2) is 23.1 Å². The molecule has 0 bridgehead atoms. The second-order valence-electron chi connectivity index (χ2n) is 7.40. The van der Waals surface area contributed by atoms with Crippen LogP contribution in [0.4, 0.5) is 13.2 Å². The summed E-state index contributed by atoms with van der Waals surface area (Å²) in [6.45, 7) is 2.02. The van der Waals surface area contributed by atoms with Gasteiger partial charge in [-0.3, -0.25) is 4.40 Å². The van der Waals surface area contributed by atoms with Crippen molar-refractivity contribution in [3.8, 4) is 0 Å². The van der Waals surface area contributed by atoms with E-state index in [1.807, 2.05) is 17.4 Å². The van der Waals surface area contributed by atoms with Crippen molar-refractivity contribution in [1.29, 1.82) is 0 Å². The Balaban J connectivity index is 1.55.